The van der Waals surface area contributed by atoms with E-state index < -0.39 is 5.43 Å². The zero-order valence-electron chi connectivity index (χ0n) is 29.9. The van der Waals surface area contributed by atoms with Crippen LogP contribution in [0.2, 0.25) is 0 Å². The van der Waals surface area contributed by atoms with E-state index in [1.807, 2.05) is 0 Å². The number of fused-ring (bicyclic) bond motifs is 1. The van der Waals surface area contributed by atoms with E-state index in [0.717, 1.165) is 0 Å². The van der Waals surface area contributed by atoms with Crippen LogP contribution < -0.4 is 45.6 Å². The number of nitrogens with one attached hydrogen (secondary N) is 4. The summed E-state index contributed by atoms with van der Waals surface area (Å²) < 4.78 is 24.8. The van der Waals surface area contributed by atoms with E-state index in [0.29, 0.717) is 95.3 Å². The van der Waals surface area contributed by atoms with Crippen LogP contribution in [0.3, 0.4) is 0 Å². The van der Waals surface area contributed by atoms with Gasteiger partial charge in [-0.05, 0) is 93.2 Å². The molecule has 0 heterocycles. The molecule has 0 aliphatic rings. The fraction of sp³-hybridized carbons (Fsp3) is 0.410. The van der Waals surface area contributed by atoms with Crippen LogP contribution in [0.1, 0.15) is 51.4 Å². The van der Waals surface area contributed by atoms with E-state index >= 15 is 0 Å². The number of benzene rings is 1. The minimum absolute atomic E-state index is 0.126. The number of hydrogen-bond acceptors (Lipinski definition) is 9. The van der Waals surface area contributed by atoms with Crippen LogP contribution >= 0.6 is 0 Å². The van der Waals surface area contributed by atoms with Crippen molar-refractivity contribution >= 4 is 34.4 Å². The van der Waals surface area contributed by atoms with Crippen LogP contribution in [0.25, 0.3) is 10.8 Å². The van der Waals surface area contributed by atoms with Crippen LogP contribution in [0.4, 0.5) is 0 Å². The molecule has 0 saturated carbocycles. The Kier molecular flexibility index (Phi) is 20.8. The van der Waals surface area contributed by atoms with E-state index in [4.69, 9.17) is 18.9 Å². The molecule has 2 rings (SSSR count). The summed E-state index contributed by atoms with van der Waals surface area (Å²) in [6.07, 6.45) is 9.74. The topological polar surface area (TPSA) is 170 Å². The normalized spacial score (nSPS) is 10.3. The van der Waals surface area contributed by atoms with Crippen molar-refractivity contribution in [3.05, 3.63) is 85.1 Å². The summed E-state index contributed by atoms with van der Waals surface area (Å²) in [7, 11) is 0. The van der Waals surface area contributed by atoms with Gasteiger partial charge in [-0.3, -0.25) is 24.0 Å². The highest BCUT2D eigenvalue weighted by molar-refractivity contribution is 5.93. The van der Waals surface area contributed by atoms with Gasteiger partial charge in [0.2, 0.25) is 34.8 Å². The largest absolute Gasteiger partial charge is 0.490 e. The third-order valence-electron chi connectivity index (χ3n) is 7.44. The summed E-state index contributed by atoms with van der Waals surface area (Å²) >= 11 is 0. The van der Waals surface area contributed by atoms with Crippen LogP contribution in [-0.2, 0) is 19.2 Å². The molecule has 2 aromatic carbocycles. The predicted octanol–water partition coefficient (Wildman–Crippen LogP) is 4.04. The second-order valence-electron chi connectivity index (χ2n) is 11.4. The molecular formula is C39H52N4O9. The van der Waals surface area contributed by atoms with Crippen molar-refractivity contribution in [1.29, 1.82) is 0 Å². The number of carbonyl (C=O) groups excluding carboxylic acids is 4. The van der Waals surface area contributed by atoms with E-state index in [-0.39, 0.29) is 66.1 Å². The minimum atomic E-state index is -0.394. The summed E-state index contributed by atoms with van der Waals surface area (Å²) in [6, 6.07) is 6.83. The average Bonchev–Trinajstić information content (AvgIpc) is 3.31. The molecule has 0 bridgehead atoms. The quantitative estimate of drug-likeness (QED) is 0.0749. The SMILES string of the molecule is C=CC(=O)NCCCCOc1cc2cccc(OCCCCNC(=O)C=C)c(=O)c2c(OCCCCNC(=O)C=C)c1OCCCCNC(=O)C=C. The molecule has 2 aromatic rings. The standard InChI is InChI=1S/C39H52N4O9/c1-5-32(44)40-20-9-13-24-49-30-19-17-18-29-28-31(50-25-14-10-21-41-33(45)6-2)38(51-26-15-11-22-42-34(46)7-3)39(36(29)37(30)48)52-27-16-12-23-43-35(47)8-4/h5-8,17-19,28H,1-4,9-16,20-27H2,(H,40,44)(H,41,45)(H,42,46)(H,43,47). The molecule has 4 amide bonds. The van der Waals surface area contributed by atoms with E-state index in [1.54, 1.807) is 24.3 Å². The van der Waals surface area contributed by atoms with Crippen molar-refractivity contribution < 1.29 is 38.1 Å². The molecule has 0 spiro atoms. The molecule has 4 N–H and O–H groups in total. The first-order valence-corrected chi connectivity index (χ1v) is 17.5. The summed E-state index contributed by atoms with van der Waals surface area (Å²) in [4.78, 5) is 60.1. The monoisotopic (exact) mass is 720 g/mol. The number of rotatable bonds is 28. The molecule has 0 unspecified atom stereocenters. The fourth-order valence-electron chi connectivity index (χ4n) is 4.69. The smallest absolute Gasteiger partial charge is 0.243 e. The second kappa shape index (κ2) is 25.4. The van der Waals surface area contributed by atoms with Gasteiger partial charge in [0.15, 0.2) is 17.2 Å². The van der Waals surface area contributed by atoms with Gasteiger partial charge >= 0.3 is 0 Å². The average molecular weight is 721 g/mol. The van der Waals surface area contributed by atoms with Gasteiger partial charge in [-0.2, -0.15) is 0 Å². The molecule has 13 nitrogen and oxygen atoms in total. The summed E-state index contributed by atoms with van der Waals surface area (Å²) in [5.41, 5.74) is -0.394. The Labute approximate surface area is 305 Å². The number of hydrogen-bond donors (Lipinski definition) is 4. The maximum absolute atomic E-state index is 14.1. The van der Waals surface area contributed by atoms with Gasteiger partial charge in [-0.15, -0.1) is 0 Å². The van der Waals surface area contributed by atoms with Gasteiger partial charge < -0.3 is 40.2 Å². The predicted molar refractivity (Wildman–Crippen MR) is 202 cm³/mol. The number of carbonyl (C=O) groups is 4. The molecular weight excluding hydrogens is 668 g/mol. The Morgan fingerprint density at radius 3 is 1.33 bits per heavy atom. The number of amides is 4. The van der Waals surface area contributed by atoms with Crippen LogP contribution in [0, 0.1) is 0 Å². The van der Waals surface area contributed by atoms with Gasteiger partial charge in [0, 0.05) is 26.2 Å². The summed E-state index contributed by atoms with van der Waals surface area (Å²) in [5.74, 6) is -0.0566. The van der Waals surface area contributed by atoms with Crippen molar-refractivity contribution in [2.45, 2.75) is 51.4 Å². The Morgan fingerprint density at radius 2 is 0.904 bits per heavy atom. The lowest BCUT2D eigenvalue weighted by Gasteiger charge is -2.19. The molecule has 0 aromatic heterocycles. The Bertz CT molecular complexity index is 1590. The third-order valence-corrected chi connectivity index (χ3v) is 7.44. The highest BCUT2D eigenvalue weighted by atomic mass is 16.5. The first kappa shape index (κ1) is 42.6. The number of unbranched alkanes of at least 4 members (excludes halogenated alkanes) is 4. The van der Waals surface area contributed by atoms with Crippen LogP contribution in [0.5, 0.6) is 23.0 Å². The first-order chi connectivity index (χ1) is 25.2. The minimum Gasteiger partial charge on any atom is -0.490 e. The molecule has 0 fully saturated rings. The van der Waals surface area contributed by atoms with Crippen LogP contribution in [0.15, 0.2) is 79.7 Å². The summed E-state index contributed by atoms with van der Waals surface area (Å²) in [5, 5.41) is 11.7. The van der Waals surface area contributed by atoms with Gasteiger partial charge in [0.05, 0.1) is 31.8 Å². The highest BCUT2D eigenvalue weighted by Crippen LogP contribution is 2.43. The van der Waals surface area contributed by atoms with E-state index in [9.17, 15) is 24.0 Å². The molecule has 0 aliphatic heterocycles. The molecule has 0 atom stereocenters. The van der Waals surface area contributed by atoms with E-state index in [2.05, 4.69) is 47.6 Å². The molecule has 0 saturated heterocycles. The number of ether oxygens (including phenoxy) is 4. The lowest BCUT2D eigenvalue weighted by Crippen LogP contribution is -2.22. The fourth-order valence-corrected chi connectivity index (χ4v) is 4.69. The molecule has 52 heavy (non-hydrogen) atoms. The Balaban J connectivity index is 2.41. The van der Waals surface area contributed by atoms with Crippen molar-refractivity contribution in [2.24, 2.45) is 0 Å². The second-order valence-corrected chi connectivity index (χ2v) is 11.4. The van der Waals surface area contributed by atoms with Crippen LogP contribution in [-0.4, -0.2) is 76.2 Å². The maximum atomic E-state index is 14.1. The van der Waals surface area contributed by atoms with Crippen molar-refractivity contribution in [3.8, 4) is 23.0 Å². The molecule has 13 heteroatoms. The lowest BCUT2D eigenvalue weighted by atomic mass is 10.1. The third kappa shape index (κ3) is 16.0. The molecule has 0 radical (unpaired) electrons. The molecule has 0 aliphatic carbocycles. The summed E-state index contributed by atoms with van der Waals surface area (Å²) in [6.45, 7) is 16.6. The molecule has 282 valence electrons. The Morgan fingerprint density at radius 1 is 0.519 bits per heavy atom. The van der Waals surface area contributed by atoms with Crippen molar-refractivity contribution in [3.63, 3.8) is 0 Å². The zero-order valence-corrected chi connectivity index (χ0v) is 29.9. The first-order valence-electron chi connectivity index (χ1n) is 17.5. The highest BCUT2D eigenvalue weighted by Gasteiger charge is 2.21. The van der Waals surface area contributed by atoms with Crippen molar-refractivity contribution in [1.82, 2.24) is 21.3 Å². The van der Waals surface area contributed by atoms with E-state index in [1.165, 1.54) is 24.3 Å². The van der Waals surface area contributed by atoms with Gasteiger partial charge in [-0.1, -0.05) is 38.4 Å². The lowest BCUT2D eigenvalue weighted by molar-refractivity contribution is -0.117. The van der Waals surface area contributed by atoms with Gasteiger partial charge in [0.1, 0.15) is 0 Å². The Hall–Kier alpha value is -5.59. The van der Waals surface area contributed by atoms with Crippen molar-refractivity contribution in [2.75, 3.05) is 52.6 Å². The van der Waals surface area contributed by atoms with Gasteiger partial charge in [-0.25, -0.2) is 0 Å². The van der Waals surface area contributed by atoms with Gasteiger partial charge in [0.25, 0.3) is 0 Å². The zero-order chi connectivity index (χ0) is 38.0. The maximum Gasteiger partial charge on any atom is 0.243 e.